The lowest BCUT2D eigenvalue weighted by molar-refractivity contribution is -0.135. The van der Waals surface area contributed by atoms with Gasteiger partial charge in [0.1, 0.15) is 0 Å². The molecule has 0 aliphatic carbocycles. The Morgan fingerprint density at radius 3 is 1.70 bits per heavy atom. The Bertz CT molecular complexity index is 864. The number of rotatable bonds is 7. The summed E-state index contributed by atoms with van der Waals surface area (Å²) in [6.07, 6.45) is 2.46. The van der Waals surface area contributed by atoms with Crippen LogP contribution in [0.3, 0.4) is 0 Å². The van der Waals surface area contributed by atoms with E-state index >= 15 is 0 Å². The van der Waals surface area contributed by atoms with Crippen molar-refractivity contribution in [2.45, 2.75) is 12.8 Å². The molecule has 136 valence electrons. The lowest BCUT2D eigenvalue weighted by atomic mass is 10.1. The van der Waals surface area contributed by atoms with Gasteiger partial charge >= 0.3 is 5.97 Å². The third-order valence-corrected chi connectivity index (χ3v) is 4.21. The molecule has 3 aromatic rings. The van der Waals surface area contributed by atoms with Gasteiger partial charge in [0.15, 0.2) is 5.76 Å². The van der Waals surface area contributed by atoms with Gasteiger partial charge in [-0.1, -0.05) is 48.5 Å². The van der Waals surface area contributed by atoms with Crippen LogP contribution in [-0.4, -0.2) is 16.2 Å². The molecule has 0 amide bonds. The number of hydrogen-bond acceptors (Lipinski definition) is 3. The fourth-order valence-electron chi connectivity index (χ4n) is 2.88. The second-order valence-electron chi connectivity index (χ2n) is 6.11. The van der Waals surface area contributed by atoms with Crippen molar-refractivity contribution in [2.75, 3.05) is 4.90 Å². The Labute approximate surface area is 158 Å². The summed E-state index contributed by atoms with van der Waals surface area (Å²) in [7, 11) is 0. The predicted molar refractivity (Wildman–Crippen MR) is 108 cm³/mol. The Morgan fingerprint density at radius 2 is 1.22 bits per heavy atom. The van der Waals surface area contributed by atoms with E-state index in [2.05, 4.69) is 41.3 Å². The van der Waals surface area contributed by atoms with Crippen LogP contribution in [0.5, 0.6) is 0 Å². The smallest absolute Gasteiger partial charge is 0.370 e. The molecule has 3 aromatic carbocycles. The molecule has 0 bridgehead atoms. The molecule has 4 heteroatoms. The van der Waals surface area contributed by atoms with Crippen molar-refractivity contribution in [3.8, 4) is 0 Å². The monoisotopic (exact) mass is 359 g/mol. The van der Waals surface area contributed by atoms with Crippen molar-refractivity contribution < 1.29 is 15.0 Å². The van der Waals surface area contributed by atoms with E-state index in [4.69, 9.17) is 5.11 Å². The van der Waals surface area contributed by atoms with Gasteiger partial charge in [0.2, 0.25) is 0 Å². The van der Waals surface area contributed by atoms with Crippen LogP contribution in [-0.2, 0) is 11.2 Å². The van der Waals surface area contributed by atoms with Crippen LogP contribution in [0.4, 0.5) is 17.1 Å². The standard InChI is InChI=1S/C23H21NO3/c25-22(23(26)27)13-7-8-18-14-16-21(17-15-18)24(19-9-3-1-4-10-19)20-11-5-2-6-12-20/h1-6,9-17,25H,7-8H2,(H,26,27)/b22-13-. The van der Waals surface area contributed by atoms with Crippen LogP contribution >= 0.6 is 0 Å². The second kappa shape index (κ2) is 8.72. The molecule has 0 saturated carbocycles. The number of para-hydroxylation sites is 2. The van der Waals surface area contributed by atoms with Crippen LogP contribution in [0.2, 0.25) is 0 Å². The van der Waals surface area contributed by atoms with E-state index in [1.807, 2.05) is 48.5 Å². The quantitative estimate of drug-likeness (QED) is 0.425. The SMILES string of the molecule is O=C(O)/C(O)=C/CCc1ccc(N(c2ccccc2)c2ccccc2)cc1. The normalized spacial score (nSPS) is 11.2. The second-order valence-corrected chi connectivity index (χ2v) is 6.11. The minimum absolute atomic E-state index is 0.471. The summed E-state index contributed by atoms with van der Waals surface area (Å²) >= 11 is 0. The number of nitrogens with zero attached hydrogens (tertiary/aromatic N) is 1. The lowest BCUT2D eigenvalue weighted by Gasteiger charge is -2.25. The minimum atomic E-state index is -1.30. The Morgan fingerprint density at radius 1 is 0.741 bits per heavy atom. The summed E-state index contributed by atoms with van der Waals surface area (Å²) in [6, 6.07) is 28.5. The summed E-state index contributed by atoms with van der Waals surface area (Å²) in [5, 5.41) is 17.9. The molecule has 0 unspecified atom stereocenters. The molecule has 0 fully saturated rings. The maximum atomic E-state index is 10.6. The van der Waals surface area contributed by atoms with Crippen LogP contribution in [0.1, 0.15) is 12.0 Å². The Hall–Kier alpha value is -3.53. The average Bonchev–Trinajstić information content (AvgIpc) is 2.71. The van der Waals surface area contributed by atoms with Crippen LogP contribution in [0, 0.1) is 0 Å². The Kier molecular flexibility index (Phi) is 5.90. The van der Waals surface area contributed by atoms with Gasteiger partial charge in [0.05, 0.1) is 0 Å². The largest absolute Gasteiger partial charge is 0.502 e. The van der Waals surface area contributed by atoms with Gasteiger partial charge in [0.25, 0.3) is 0 Å². The summed E-state index contributed by atoms with van der Waals surface area (Å²) in [5.41, 5.74) is 4.27. The number of aliphatic hydroxyl groups excluding tert-OH is 1. The van der Waals surface area contributed by atoms with Crippen molar-refractivity contribution in [3.05, 3.63) is 102 Å². The first-order valence-electron chi connectivity index (χ1n) is 8.77. The molecular weight excluding hydrogens is 338 g/mol. The number of benzene rings is 3. The first-order chi connectivity index (χ1) is 13.1. The van der Waals surface area contributed by atoms with Gasteiger partial charge < -0.3 is 15.1 Å². The number of hydrogen-bond donors (Lipinski definition) is 2. The molecule has 3 rings (SSSR count). The van der Waals surface area contributed by atoms with Gasteiger partial charge in [0, 0.05) is 17.1 Å². The van der Waals surface area contributed by atoms with E-state index in [0.29, 0.717) is 12.8 Å². The molecule has 4 nitrogen and oxygen atoms in total. The summed E-state index contributed by atoms with van der Waals surface area (Å²) < 4.78 is 0. The van der Waals surface area contributed by atoms with Crippen molar-refractivity contribution in [3.63, 3.8) is 0 Å². The number of anilines is 3. The van der Waals surface area contributed by atoms with Crippen LogP contribution in [0.25, 0.3) is 0 Å². The third kappa shape index (κ3) is 4.76. The minimum Gasteiger partial charge on any atom is -0.502 e. The van der Waals surface area contributed by atoms with Gasteiger partial charge in [-0.15, -0.1) is 0 Å². The van der Waals surface area contributed by atoms with E-state index in [0.717, 1.165) is 22.6 Å². The zero-order valence-corrected chi connectivity index (χ0v) is 14.8. The topological polar surface area (TPSA) is 60.8 Å². The van der Waals surface area contributed by atoms with Crippen molar-refractivity contribution >= 4 is 23.0 Å². The number of aliphatic hydroxyl groups is 1. The van der Waals surface area contributed by atoms with Crippen molar-refractivity contribution in [1.29, 1.82) is 0 Å². The molecule has 0 heterocycles. The average molecular weight is 359 g/mol. The summed E-state index contributed by atoms with van der Waals surface area (Å²) in [5.74, 6) is -1.90. The van der Waals surface area contributed by atoms with E-state index in [-0.39, 0.29) is 0 Å². The van der Waals surface area contributed by atoms with E-state index in [9.17, 15) is 9.90 Å². The van der Waals surface area contributed by atoms with Crippen LogP contribution < -0.4 is 4.90 Å². The molecule has 27 heavy (non-hydrogen) atoms. The molecule has 2 N–H and O–H groups in total. The van der Waals surface area contributed by atoms with E-state index < -0.39 is 11.7 Å². The fraction of sp³-hybridized carbons (Fsp3) is 0.0870. The lowest BCUT2D eigenvalue weighted by Crippen LogP contribution is -2.09. The number of carboxylic acid groups (broad SMARTS) is 1. The molecule has 0 aliphatic heterocycles. The highest BCUT2D eigenvalue weighted by Crippen LogP contribution is 2.34. The molecule has 0 aliphatic rings. The van der Waals surface area contributed by atoms with Crippen LogP contribution in [0.15, 0.2) is 96.8 Å². The fourth-order valence-corrected chi connectivity index (χ4v) is 2.88. The highest BCUT2D eigenvalue weighted by molar-refractivity contribution is 5.83. The zero-order chi connectivity index (χ0) is 19.1. The molecule has 0 aromatic heterocycles. The van der Waals surface area contributed by atoms with Gasteiger partial charge in [-0.05, 0) is 60.9 Å². The number of carboxylic acids is 1. The summed E-state index contributed by atoms with van der Waals surface area (Å²) in [6.45, 7) is 0. The molecule has 0 saturated heterocycles. The molecule has 0 radical (unpaired) electrons. The molecule has 0 atom stereocenters. The zero-order valence-electron chi connectivity index (χ0n) is 14.8. The van der Waals surface area contributed by atoms with Gasteiger partial charge in [-0.2, -0.15) is 0 Å². The highest BCUT2D eigenvalue weighted by Gasteiger charge is 2.11. The Balaban J connectivity index is 1.82. The number of aliphatic carboxylic acids is 1. The molecule has 0 spiro atoms. The van der Waals surface area contributed by atoms with E-state index in [1.54, 1.807) is 0 Å². The number of allylic oxidation sites excluding steroid dienone is 1. The van der Waals surface area contributed by atoms with E-state index in [1.165, 1.54) is 6.08 Å². The maximum Gasteiger partial charge on any atom is 0.370 e. The first kappa shape index (κ1) is 18.3. The highest BCUT2D eigenvalue weighted by atomic mass is 16.4. The van der Waals surface area contributed by atoms with Gasteiger partial charge in [-0.3, -0.25) is 0 Å². The molecular formula is C23H21NO3. The van der Waals surface area contributed by atoms with Crippen molar-refractivity contribution in [2.24, 2.45) is 0 Å². The van der Waals surface area contributed by atoms with Crippen molar-refractivity contribution in [1.82, 2.24) is 0 Å². The maximum absolute atomic E-state index is 10.6. The summed E-state index contributed by atoms with van der Waals surface area (Å²) in [4.78, 5) is 12.8. The third-order valence-electron chi connectivity index (χ3n) is 4.21. The van der Waals surface area contributed by atoms with Gasteiger partial charge in [-0.25, -0.2) is 4.79 Å². The first-order valence-corrected chi connectivity index (χ1v) is 8.77. The number of carbonyl (C=O) groups is 1. The number of aryl methyl sites for hydroxylation is 1. The predicted octanol–water partition coefficient (Wildman–Crippen LogP) is 5.62.